The zero-order chi connectivity index (χ0) is 8.97. The van der Waals surface area contributed by atoms with Gasteiger partial charge in [-0.3, -0.25) is 9.63 Å². The van der Waals surface area contributed by atoms with Gasteiger partial charge in [-0.15, -0.1) is 0 Å². The van der Waals surface area contributed by atoms with Gasteiger partial charge in [0.15, 0.2) is 0 Å². The van der Waals surface area contributed by atoms with Gasteiger partial charge >= 0.3 is 0 Å². The number of guanidine groups is 1. The number of rotatable bonds is 1. The van der Waals surface area contributed by atoms with Crippen molar-refractivity contribution >= 4 is 16.8 Å². The van der Waals surface area contributed by atoms with Gasteiger partial charge in [0, 0.05) is 22.3 Å². The van der Waals surface area contributed by atoms with Crippen molar-refractivity contribution in [3.8, 4) is 0 Å². The first kappa shape index (κ1) is 9.47. The van der Waals surface area contributed by atoms with Gasteiger partial charge in [-0.25, -0.2) is 10.8 Å². The molecule has 1 saturated heterocycles. The van der Waals surface area contributed by atoms with Crippen LogP contribution < -0.4 is 17.0 Å². The molecule has 0 aromatic rings. The van der Waals surface area contributed by atoms with Crippen LogP contribution in [0, 0.1) is 0 Å². The summed E-state index contributed by atoms with van der Waals surface area (Å²) in [6.07, 6.45) is 1.68. The molecule has 0 bridgehead atoms. The zero-order valence-electron chi connectivity index (χ0n) is 6.82. The molecule has 6 heteroatoms. The lowest BCUT2D eigenvalue weighted by atomic mass is 10.2. The Morgan fingerprint density at radius 3 is 2.58 bits per heavy atom. The Morgan fingerprint density at radius 1 is 1.50 bits per heavy atom. The van der Waals surface area contributed by atoms with E-state index in [4.69, 9.17) is 11.6 Å². The van der Waals surface area contributed by atoms with Crippen molar-refractivity contribution in [1.82, 2.24) is 5.43 Å². The Balaban J connectivity index is 2.40. The highest BCUT2D eigenvalue weighted by Gasteiger charge is 2.16. The largest absolute Gasteiger partial charge is 0.369 e. The summed E-state index contributed by atoms with van der Waals surface area (Å²) >= 11 is 0. The fourth-order valence-electron chi connectivity index (χ4n) is 1.14. The normalized spacial score (nSPS) is 31.6. The maximum Gasteiger partial charge on any atom is 0.203 e. The highest BCUT2D eigenvalue weighted by atomic mass is 32.2. The Morgan fingerprint density at radius 2 is 2.08 bits per heavy atom. The summed E-state index contributed by atoms with van der Waals surface area (Å²) in [6.45, 7) is 0. The van der Waals surface area contributed by atoms with E-state index in [0.717, 1.165) is 24.3 Å². The zero-order valence-corrected chi connectivity index (χ0v) is 7.64. The van der Waals surface area contributed by atoms with Crippen molar-refractivity contribution < 1.29 is 4.21 Å². The van der Waals surface area contributed by atoms with Crippen molar-refractivity contribution in [2.45, 2.75) is 18.9 Å². The van der Waals surface area contributed by atoms with Gasteiger partial charge in [0.05, 0.1) is 6.04 Å². The lowest BCUT2D eigenvalue weighted by Crippen LogP contribution is -2.38. The molecule has 1 rings (SSSR count). The molecule has 0 unspecified atom stereocenters. The fraction of sp³-hybridized carbons (Fsp3) is 0.833. The van der Waals surface area contributed by atoms with Crippen molar-refractivity contribution in [2.24, 2.45) is 16.6 Å². The quantitative estimate of drug-likeness (QED) is 0.207. The minimum Gasteiger partial charge on any atom is -0.369 e. The van der Waals surface area contributed by atoms with E-state index in [0.29, 0.717) is 0 Å². The molecule has 0 saturated carbocycles. The summed E-state index contributed by atoms with van der Waals surface area (Å²) in [5, 5.41) is 0. The Hall–Kier alpha value is -0.620. The van der Waals surface area contributed by atoms with Crippen LogP contribution in [0.1, 0.15) is 12.8 Å². The minimum absolute atomic E-state index is 0.193. The van der Waals surface area contributed by atoms with Crippen molar-refractivity contribution in [3.63, 3.8) is 0 Å². The van der Waals surface area contributed by atoms with Crippen molar-refractivity contribution in [2.75, 3.05) is 11.5 Å². The molecule has 0 aliphatic carbocycles. The Kier molecular flexibility index (Phi) is 3.48. The van der Waals surface area contributed by atoms with Crippen LogP contribution in [0.25, 0.3) is 0 Å². The molecule has 12 heavy (non-hydrogen) atoms. The highest BCUT2D eigenvalue weighted by Crippen LogP contribution is 2.12. The summed E-state index contributed by atoms with van der Waals surface area (Å²) in [4.78, 5) is 4.11. The molecule has 0 aromatic heterocycles. The van der Waals surface area contributed by atoms with E-state index in [1.54, 1.807) is 0 Å². The van der Waals surface area contributed by atoms with Gasteiger partial charge in [-0.1, -0.05) is 0 Å². The minimum atomic E-state index is -0.639. The summed E-state index contributed by atoms with van der Waals surface area (Å²) in [7, 11) is -0.639. The molecule has 1 heterocycles. The maximum atomic E-state index is 11.0. The molecule has 0 aromatic carbocycles. The van der Waals surface area contributed by atoms with E-state index < -0.39 is 10.8 Å². The molecular weight excluding hydrogens is 176 g/mol. The smallest absolute Gasteiger partial charge is 0.203 e. The van der Waals surface area contributed by atoms with Crippen LogP contribution >= 0.6 is 0 Å². The van der Waals surface area contributed by atoms with Gasteiger partial charge < -0.3 is 5.73 Å². The number of hydrazine groups is 1. The second-order valence-electron chi connectivity index (χ2n) is 2.74. The number of hydrogen-bond acceptors (Lipinski definition) is 3. The number of hydrogen-bond donors (Lipinski definition) is 3. The van der Waals surface area contributed by atoms with Crippen LogP contribution in [-0.2, 0) is 10.8 Å². The molecular formula is C6H14N4OS. The van der Waals surface area contributed by atoms with Gasteiger partial charge in [0.25, 0.3) is 0 Å². The monoisotopic (exact) mass is 190 g/mol. The Bertz CT molecular complexity index is 196. The molecule has 1 aliphatic heterocycles. The predicted molar refractivity (Wildman–Crippen MR) is 49.8 cm³/mol. The van der Waals surface area contributed by atoms with E-state index >= 15 is 0 Å². The van der Waals surface area contributed by atoms with Gasteiger partial charge in [0.2, 0.25) is 5.96 Å². The first-order valence-corrected chi connectivity index (χ1v) is 5.36. The van der Waals surface area contributed by atoms with E-state index in [1.807, 2.05) is 0 Å². The van der Waals surface area contributed by atoms with Crippen LogP contribution in [0.2, 0.25) is 0 Å². The average molecular weight is 190 g/mol. The first-order chi connectivity index (χ1) is 5.72. The number of nitrogens with zero attached hydrogens (tertiary/aromatic N) is 1. The van der Waals surface area contributed by atoms with E-state index in [1.165, 1.54) is 0 Å². The van der Waals surface area contributed by atoms with Crippen LogP contribution in [0.4, 0.5) is 0 Å². The lowest BCUT2D eigenvalue weighted by molar-refractivity contribution is 0.596. The van der Waals surface area contributed by atoms with E-state index in [-0.39, 0.29) is 12.0 Å². The van der Waals surface area contributed by atoms with E-state index in [9.17, 15) is 4.21 Å². The molecule has 5 N–H and O–H groups in total. The van der Waals surface area contributed by atoms with Crippen LogP contribution in [-0.4, -0.2) is 27.7 Å². The first-order valence-electron chi connectivity index (χ1n) is 3.87. The molecule has 1 fully saturated rings. The van der Waals surface area contributed by atoms with Crippen LogP contribution in [0.5, 0.6) is 0 Å². The lowest BCUT2D eigenvalue weighted by Gasteiger charge is -2.17. The summed E-state index contributed by atoms with van der Waals surface area (Å²) in [5.74, 6) is 6.76. The number of nitrogens with two attached hydrogens (primary N) is 2. The van der Waals surface area contributed by atoms with Gasteiger partial charge in [-0.2, -0.15) is 0 Å². The summed E-state index contributed by atoms with van der Waals surface area (Å²) in [6, 6.07) is 0.193. The van der Waals surface area contributed by atoms with Crippen molar-refractivity contribution in [3.05, 3.63) is 0 Å². The SMILES string of the molecule is NNC(N)=NC1CCS(=O)CC1. The number of nitrogens with one attached hydrogen (secondary N) is 1. The summed E-state index contributed by atoms with van der Waals surface area (Å²) in [5.41, 5.74) is 7.65. The molecule has 0 atom stereocenters. The second-order valence-corrected chi connectivity index (χ2v) is 4.43. The van der Waals surface area contributed by atoms with E-state index in [2.05, 4.69) is 10.4 Å². The predicted octanol–water partition coefficient (Wildman–Crippen LogP) is -1.32. The van der Waals surface area contributed by atoms with Gasteiger partial charge in [0.1, 0.15) is 0 Å². The topological polar surface area (TPSA) is 93.5 Å². The van der Waals surface area contributed by atoms with Crippen LogP contribution in [0.15, 0.2) is 4.99 Å². The Labute approximate surface area is 74.0 Å². The number of aliphatic imine (C=N–C) groups is 1. The third kappa shape index (κ3) is 2.78. The highest BCUT2D eigenvalue weighted by molar-refractivity contribution is 7.85. The third-order valence-electron chi connectivity index (χ3n) is 1.83. The molecule has 1 aliphatic rings. The molecule has 5 nitrogen and oxygen atoms in total. The summed E-state index contributed by atoms with van der Waals surface area (Å²) < 4.78 is 11.0. The van der Waals surface area contributed by atoms with Crippen molar-refractivity contribution in [1.29, 1.82) is 0 Å². The third-order valence-corrected chi connectivity index (χ3v) is 3.21. The standard InChI is InChI=1S/C6H14N4OS/c7-6(10-8)9-5-1-3-12(11)4-2-5/h5H,1-4,8H2,(H3,7,9,10). The van der Waals surface area contributed by atoms with Gasteiger partial charge in [-0.05, 0) is 12.8 Å². The maximum absolute atomic E-state index is 11.0. The average Bonchev–Trinajstić information content (AvgIpc) is 2.09. The second kappa shape index (κ2) is 4.42. The molecule has 0 spiro atoms. The fourth-order valence-corrected chi connectivity index (χ4v) is 2.42. The molecule has 0 amide bonds. The van der Waals surface area contributed by atoms with Crippen LogP contribution in [0.3, 0.4) is 0 Å². The molecule has 0 radical (unpaired) electrons. The molecule has 70 valence electrons.